The Bertz CT molecular complexity index is 672. The first kappa shape index (κ1) is 15.1. The summed E-state index contributed by atoms with van der Waals surface area (Å²) in [5.41, 5.74) is 0.178. The average molecular weight is 364 g/mol. The van der Waals surface area contributed by atoms with E-state index in [-0.39, 0.29) is 17.3 Å². The molecule has 0 unspecified atom stereocenters. The first-order valence-electron chi connectivity index (χ1n) is 7.16. The highest BCUT2D eigenvalue weighted by Gasteiger charge is 2.28. The highest BCUT2D eigenvalue weighted by molar-refractivity contribution is 9.10. The molecule has 0 N–H and O–H groups in total. The monoisotopic (exact) mass is 363 g/mol. The fourth-order valence-corrected chi connectivity index (χ4v) is 3.04. The largest absolute Gasteiger partial charge is 0.341 e. The third-order valence-electron chi connectivity index (χ3n) is 3.90. The van der Waals surface area contributed by atoms with Gasteiger partial charge in [0.25, 0.3) is 0 Å². The third-order valence-corrected chi connectivity index (χ3v) is 4.39. The topological polar surface area (TPSA) is 46.1 Å². The molecule has 0 bridgehead atoms. The maximum absolute atomic E-state index is 13.9. The van der Waals surface area contributed by atoms with Crippen molar-refractivity contribution in [3.05, 3.63) is 52.5 Å². The molecule has 6 heteroatoms. The van der Waals surface area contributed by atoms with Gasteiger partial charge in [-0.15, -0.1) is 0 Å². The zero-order valence-corrected chi connectivity index (χ0v) is 13.5. The molecule has 0 aliphatic carbocycles. The zero-order valence-electron chi connectivity index (χ0n) is 11.9. The molecule has 114 valence electrons. The van der Waals surface area contributed by atoms with Crippen LogP contribution >= 0.6 is 15.9 Å². The van der Waals surface area contributed by atoms with E-state index >= 15 is 0 Å². The van der Waals surface area contributed by atoms with E-state index in [1.54, 1.807) is 30.6 Å². The summed E-state index contributed by atoms with van der Waals surface area (Å²) in [6.45, 7) is 1.41. The van der Waals surface area contributed by atoms with Gasteiger partial charge in [0.2, 0.25) is 5.95 Å². The molecule has 0 saturated carbocycles. The maximum atomic E-state index is 13.9. The first-order chi connectivity index (χ1) is 10.6. The van der Waals surface area contributed by atoms with E-state index in [0.29, 0.717) is 36.4 Å². The van der Waals surface area contributed by atoms with Crippen LogP contribution in [-0.2, 0) is 0 Å². The van der Waals surface area contributed by atoms with E-state index in [1.807, 2.05) is 0 Å². The molecular weight excluding hydrogens is 349 g/mol. The summed E-state index contributed by atoms with van der Waals surface area (Å²) in [4.78, 5) is 23.0. The minimum atomic E-state index is -0.465. The summed E-state index contributed by atoms with van der Waals surface area (Å²) in [5.74, 6) is -0.0364. The molecule has 2 aromatic rings. The molecule has 0 amide bonds. The zero-order chi connectivity index (χ0) is 15.5. The molecule has 0 atom stereocenters. The SMILES string of the molecule is O=C(c1ccc(Br)cc1F)C1CCN(c2ncccn2)CC1. The average Bonchev–Trinajstić information content (AvgIpc) is 2.55. The van der Waals surface area contributed by atoms with Crippen molar-refractivity contribution in [1.82, 2.24) is 9.97 Å². The minimum absolute atomic E-state index is 0.112. The number of benzene rings is 1. The van der Waals surface area contributed by atoms with Crippen LogP contribution in [-0.4, -0.2) is 28.8 Å². The van der Waals surface area contributed by atoms with Gasteiger partial charge < -0.3 is 4.90 Å². The second-order valence-corrected chi connectivity index (χ2v) is 6.21. The lowest BCUT2D eigenvalue weighted by Crippen LogP contribution is -2.37. The fourth-order valence-electron chi connectivity index (χ4n) is 2.71. The number of Topliss-reactive ketones (excluding diaryl/α,β-unsaturated/α-hetero) is 1. The number of hydrogen-bond donors (Lipinski definition) is 0. The lowest BCUT2D eigenvalue weighted by Gasteiger charge is -2.31. The maximum Gasteiger partial charge on any atom is 0.225 e. The van der Waals surface area contributed by atoms with Crippen LogP contribution < -0.4 is 4.90 Å². The number of carbonyl (C=O) groups is 1. The van der Waals surface area contributed by atoms with Crippen molar-refractivity contribution in [2.75, 3.05) is 18.0 Å². The van der Waals surface area contributed by atoms with Gasteiger partial charge in [0.05, 0.1) is 5.56 Å². The standard InChI is InChI=1S/C16H15BrFN3O/c17-12-2-3-13(14(18)10-12)15(22)11-4-8-21(9-5-11)16-19-6-1-7-20-16/h1-3,6-7,10-11H,4-5,8-9H2. The Hall–Kier alpha value is -1.82. The molecule has 0 radical (unpaired) electrons. The molecular formula is C16H15BrFN3O. The molecule has 1 aromatic carbocycles. The van der Waals surface area contributed by atoms with Gasteiger partial charge in [-0.2, -0.15) is 0 Å². The summed E-state index contributed by atoms with van der Waals surface area (Å²) >= 11 is 3.20. The predicted molar refractivity (Wildman–Crippen MR) is 85.4 cm³/mol. The summed E-state index contributed by atoms with van der Waals surface area (Å²) < 4.78 is 14.6. The van der Waals surface area contributed by atoms with E-state index in [0.717, 1.165) is 0 Å². The van der Waals surface area contributed by atoms with E-state index in [9.17, 15) is 9.18 Å². The molecule has 4 nitrogen and oxygen atoms in total. The Morgan fingerprint density at radius 1 is 1.23 bits per heavy atom. The highest BCUT2D eigenvalue weighted by Crippen LogP contribution is 2.25. The summed E-state index contributed by atoms with van der Waals surface area (Å²) in [6, 6.07) is 6.36. The Labute approximate surface area is 136 Å². The van der Waals surface area contributed by atoms with Crippen LogP contribution in [0.5, 0.6) is 0 Å². The number of piperidine rings is 1. The van der Waals surface area contributed by atoms with E-state index < -0.39 is 5.82 Å². The first-order valence-corrected chi connectivity index (χ1v) is 7.95. The van der Waals surface area contributed by atoms with Crippen molar-refractivity contribution in [3.63, 3.8) is 0 Å². The van der Waals surface area contributed by atoms with E-state index in [4.69, 9.17) is 0 Å². The highest BCUT2D eigenvalue weighted by atomic mass is 79.9. The van der Waals surface area contributed by atoms with Crippen LogP contribution in [0.1, 0.15) is 23.2 Å². The molecule has 0 spiro atoms. The normalized spacial score (nSPS) is 15.8. The van der Waals surface area contributed by atoms with Gasteiger partial charge in [0.1, 0.15) is 5.82 Å². The van der Waals surface area contributed by atoms with Gasteiger partial charge in [-0.1, -0.05) is 15.9 Å². The van der Waals surface area contributed by atoms with Crippen molar-refractivity contribution in [3.8, 4) is 0 Å². The number of halogens is 2. The van der Waals surface area contributed by atoms with Crippen LogP contribution in [0.2, 0.25) is 0 Å². The Morgan fingerprint density at radius 2 is 1.91 bits per heavy atom. The van der Waals surface area contributed by atoms with Gasteiger partial charge in [-0.3, -0.25) is 4.79 Å². The lowest BCUT2D eigenvalue weighted by atomic mass is 9.89. The Kier molecular flexibility index (Phi) is 4.47. The van der Waals surface area contributed by atoms with Crippen molar-refractivity contribution in [2.24, 2.45) is 5.92 Å². The fraction of sp³-hybridized carbons (Fsp3) is 0.312. The van der Waals surface area contributed by atoms with Crippen LogP contribution in [0.4, 0.5) is 10.3 Å². The molecule has 1 saturated heterocycles. The van der Waals surface area contributed by atoms with E-state index in [1.165, 1.54) is 6.07 Å². The van der Waals surface area contributed by atoms with Gasteiger partial charge in [0.15, 0.2) is 5.78 Å². The molecule has 2 heterocycles. The predicted octanol–water partition coefficient (Wildman–Crippen LogP) is 3.48. The Balaban J connectivity index is 1.67. The van der Waals surface area contributed by atoms with Crippen LogP contribution in [0.3, 0.4) is 0 Å². The lowest BCUT2D eigenvalue weighted by molar-refractivity contribution is 0.0896. The minimum Gasteiger partial charge on any atom is -0.341 e. The van der Waals surface area contributed by atoms with Crippen molar-refractivity contribution in [2.45, 2.75) is 12.8 Å². The summed E-state index contributed by atoms with van der Waals surface area (Å²) in [5, 5.41) is 0. The second-order valence-electron chi connectivity index (χ2n) is 5.30. The third kappa shape index (κ3) is 3.16. The number of anilines is 1. The quantitative estimate of drug-likeness (QED) is 0.783. The van der Waals surface area contributed by atoms with Crippen molar-refractivity contribution in [1.29, 1.82) is 0 Å². The van der Waals surface area contributed by atoms with E-state index in [2.05, 4.69) is 30.8 Å². The van der Waals surface area contributed by atoms with Crippen LogP contribution in [0.25, 0.3) is 0 Å². The number of ketones is 1. The van der Waals surface area contributed by atoms with Crippen molar-refractivity contribution < 1.29 is 9.18 Å². The number of aromatic nitrogens is 2. The molecule has 1 aliphatic rings. The summed E-state index contributed by atoms with van der Waals surface area (Å²) in [6.07, 6.45) is 4.78. The van der Waals surface area contributed by atoms with Gasteiger partial charge >= 0.3 is 0 Å². The number of hydrogen-bond acceptors (Lipinski definition) is 4. The van der Waals surface area contributed by atoms with Crippen LogP contribution in [0.15, 0.2) is 41.1 Å². The number of nitrogens with zero attached hydrogens (tertiary/aromatic N) is 3. The molecule has 1 aromatic heterocycles. The molecule has 1 aliphatic heterocycles. The smallest absolute Gasteiger partial charge is 0.225 e. The van der Waals surface area contributed by atoms with Gasteiger partial charge in [-0.25, -0.2) is 14.4 Å². The number of rotatable bonds is 3. The summed E-state index contributed by atoms with van der Waals surface area (Å²) in [7, 11) is 0. The molecule has 1 fully saturated rings. The van der Waals surface area contributed by atoms with Gasteiger partial charge in [0, 0.05) is 35.9 Å². The van der Waals surface area contributed by atoms with Gasteiger partial charge in [-0.05, 0) is 37.1 Å². The Morgan fingerprint density at radius 3 is 2.55 bits per heavy atom. The number of carbonyl (C=O) groups excluding carboxylic acids is 1. The van der Waals surface area contributed by atoms with Crippen molar-refractivity contribution >= 4 is 27.7 Å². The molecule has 22 heavy (non-hydrogen) atoms. The molecule has 3 rings (SSSR count). The van der Waals surface area contributed by atoms with Crippen LogP contribution in [0, 0.1) is 11.7 Å². The second kappa shape index (κ2) is 6.52.